The van der Waals surface area contributed by atoms with E-state index in [0.717, 1.165) is 0 Å². The first-order valence-electron chi connectivity index (χ1n) is 5.48. The van der Waals surface area contributed by atoms with Gasteiger partial charge >= 0.3 is 0 Å². The number of hydrogen-bond donors (Lipinski definition) is 2. The zero-order valence-electron chi connectivity index (χ0n) is 9.42. The number of fused-ring (bicyclic) bond motifs is 1. The number of nitrogens with zero attached hydrogens (tertiary/aromatic N) is 1. The van der Waals surface area contributed by atoms with Crippen molar-refractivity contribution in [3.05, 3.63) is 59.4 Å². The number of Topliss-reactive ketones (excluding diaryl/α,β-unsaturated/α-hetero) is 1. The minimum Gasteiger partial charge on any atom is -0.506 e. The van der Waals surface area contributed by atoms with Gasteiger partial charge in [0.25, 0.3) is 0 Å². The summed E-state index contributed by atoms with van der Waals surface area (Å²) in [4.78, 5) is 16.4. The molecule has 0 bridgehead atoms. The van der Waals surface area contributed by atoms with Gasteiger partial charge in [-0.05, 0) is 18.2 Å². The number of aliphatic hydroxyl groups is 1. The lowest BCUT2D eigenvalue weighted by Gasteiger charge is -2.01. The molecule has 3 N–H and O–H groups in total. The number of nitrogen functional groups attached to an aromatic ring is 1. The Morgan fingerprint density at radius 1 is 1.11 bits per heavy atom. The van der Waals surface area contributed by atoms with Crippen LogP contribution in [0, 0.1) is 0 Å². The standard InChI is InChI=1S/C14H10N2O2/c15-9-5-3-4-8-11(9)14(18)12(13(8)17)10-6-1-2-7-16-10/h1-7,17H,15H2. The molecule has 0 amide bonds. The lowest BCUT2D eigenvalue weighted by Crippen LogP contribution is -2.03. The number of pyridine rings is 1. The first-order chi connectivity index (χ1) is 8.70. The van der Waals surface area contributed by atoms with E-state index in [1.54, 1.807) is 42.6 Å². The van der Waals surface area contributed by atoms with E-state index < -0.39 is 0 Å². The number of hydrogen-bond acceptors (Lipinski definition) is 4. The number of benzene rings is 1. The Hall–Kier alpha value is -2.62. The second-order valence-electron chi connectivity index (χ2n) is 4.04. The van der Waals surface area contributed by atoms with Gasteiger partial charge < -0.3 is 10.8 Å². The van der Waals surface area contributed by atoms with Gasteiger partial charge in [-0.3, -0.25) is 9.78 Å². The van der Waals surface area contributed by atoms with Crippen LogP contribution in [0.4, 0.5) is 5.69 Å². The summed E-state index contributed by atoms with van der Waals surface area (Å²) in [6.07, 6.45) is 1.58. The lowest BCUT2D eigenvalue weighted by molar-refractivity contribution is 0.105. The van der Waals surface area contributed by atoms with Crippen molar-refractivity contribution in [2.45, 2.75) is 0 Å². The maximum absolute atomic E-state index is 12.3. The van der Waals surface area contributed by atoms with Gasteiger partial charge in [-0.2, -0.15) is 0 Å². The van der Waals surface area contributed by atoms with Gasteiger partial charge in [0.05, 0.1) is 16.8 Å². The molecular weight excluding hydrogens is 228 g/mol. The van der Waals surface area contributed by atoms with Crippen molar-refractivity contribution in [3.63, 3.8) is 0 Å². The smallest absolute Gasteiger partial charge is 0.201 e. The summed E-state index contributed by atoms with van der Waals surface area (Å²) in [5.41, 5.74) is 7.65. The van der Waals surface area contributed by atoms with Crippen LogP contribution >= 0.6 is 0 Å². The van der Waals surface area contributed by atoms with Gasteiger partial charge in [-0.1, -0.05) is 18.2 Å². The normalized spacial score (nSPS) is 13.9. The summed E-state index contributed by atoms with van der Waals surface area (Å²) in [6.45, 7) is 0. The van der Waals surface area contributed by atoms with Crippen molar-refractivity contribution in [1.82, 2.24) is 4.98 Å². The summed E-state index contributed by atoms with van der Waals surface area (Å²) in [7, 11) is 0. The third-order valence-corrected chi connectivity index (χ3v) is 2.96. The molecule has 0 radical (unpaired) electrons. The summed E-state index contributed by atoms with van der Waals surface area (Å²) >= 11 is 0. The zero-order chi connectivity index (χ0) is 12.7. The summed E-state index contributed by atoms with van der Waals surface area (Å²) < 4.78 is 0. The van der Waals surface area contributed by atoms with Crippen LogP contribution in [-0.2, 0) is 0 Å². The average molecular weight is 238 g/mol. The van der Waals surface area contributed by atoms with Crippen molar-refractivity contribution >= 4 is 22.8 Å². The third kappa shape index (κ3) is 1.32. The fourth-order valence-corrected chi connectivity index (χ4v) is 2.14. The Morgan fingerprint density at radius 2 is 1.94 bits per heavy atom. The zero-order valence-corrected chi connectivity index (χ0v) is 9.42. The molecule has 88 valence electrons. The molecule has 0 fully saturated rings. The van der Waals surface area contributed by atoms with E-state index in [4.69, 9.17) is 5.73 Å². The van der Waals surface area contributed by atoms with Crippen molar-refractivity contribution in [2.75, 3.05) is 5.73 Å². The molecule has 0 unspecified atom stereocenters. The number of ketones is 1. The van der Waals surface area contributed by atoms with Gasteiger partial charge in [0.1, 0.15) is 5.76 Å². The van der Waals surface area contributed by atoms with Crippen molar-refractivity contribution in [3.8, 4) is 0 Å². The van der Waals surface area contributed by atoms with Crippen LogP contribution in [0.1, 0.15) is 21.6 Å². The quantitative estimate of drug-likeness (QED) is 0.747. The van der Waals surface area contributed by atoms with Crippen LogP contribution in [0.25, 0.3) is 11.3 Å². The van der Waals surface area contributed by atoms with E-state index in [1.807, 2.05) is 0 Å². The molecule has 1 aromatic carbocycles. The highest BCUT2D eigenvalue weighted by Crippen LogP contribution is 2.38. The van der Waals surface area contributed by atoms with Crippen LogP contribution in [0.3, 0.4) is 0 Å². The molecule has 1 aliphatic carbocycles. The molecule has 1 aliphatic rings. The number of aromatic nitrogens is 1. The largest absolute Gasteiger partial charge is 0.506 e. The number of allylic oxidation sites excluding steroid dienone is 1. The molecule has 0 saturated heterocycles. The van der Waals surface area contributed by atoms with E-state index in [0.29, 0.717) is 22.5 Å². The SMILES string of the molecule is Nc1cccc2c1C(=O)C(c1ccccn1)=C2O. The monoisotopic (exact) mass is 238 g/mol. The molecule has 2 aromatic rings. The van der Waals surface area contributed by atoms with Crippen LogP contribution in [0.2, 0.25) is 0 Å². The minimum absolute atomic E-state index is 0.0546. The second kappa shape index (κ2) is 3.70. The van der Waals surface area contributed by atoms with E-state index in [1.165, 1.54) is 0 Å². The molecule has 0 spiro atoms. The van der Waals surface area contributed by atoms with E-state index in [2.05, 4.69) is 4.98 Å². The molecule has 1 heterocycles. The predicted octanol–water partition coefficient (Wildman–Crippen LogP) is 2.29. The Balaban J connectivity index is 2.24. The van der Waals surface area contributed by atoms with Crippen LogP contribution < -0.4 is 5.73 Å². The molecule has 0 saturated carbocycles. The van der Waals surface area contributed by atoms with Crippen LogP contribution in [0.15, 0.2) is 42.6 Å². The molecule has 3 rings (SSSR count). The fraction of sp³-hybridized carbons (Fsp3) is 0. The molecule has 0 atom stereocenters. The summed E-state index contributed by atoms with van der Waals surface area (Å²) in [5.74, 6) is -0.333. The second-order valence-corrected chi connectivity index (χ2v) is 4.04. The Bertz CT molecular complexity index is 675. The topological polar surface area (TPSA) is 76.2 Å². The fourth-order valence-electron chi connectivity index (χ4n) is 2.14. The van der Waals surface area contributed by atoms with Crippen LogP contribution in [-0.4, -0.2) is 15.9 Å². The van der Waals surface area contributed by atoms with Gasteiger partial charge in [-0.25, -0.2) is 0 Å². The maximum atomic E-state index is 12.3. The van der Waals surface area contributed by atoms with E-state index in [9.17, 15) is 9.90 Å². The van der Waals surface area contributed by atoms with Crippen molar-refractivity contribution < 1.29 is 9.90 Å². The number of anilines is 1. The molecule has 18 heavy (non-hydrogen) atoms. The molecule has 1 aromatic heterocycles. The Labute approximate surface area is 103 Å². The van der Waals surface area contributed by atoms with Gasteiger partial charge in [0.15, 0.2) is 0 Å². The van der Waals surface area contributed by atoms with Crippen molar-refractivity contribution in [2.24, 2.45) is 0 Å². The first-order valence-corrected chi connectivity index (χ1v) is 5.48. The van der Waals surface area contributed by atoms with Gasteiger partial charge in [0, 0.05) is 17.4 Å². The average Bonchev–Trinajstić information content (AvgIpc) is 2.64. The first kappa shape index (κ1) is 10.5. The number of rotatable bonds is 1. The molecule has 4 heteroatoms. The Morgan fingerprint density at radius 3 is 2.61 bits per heavy atom. The Kier molecular flexibility index (Phi) is 2.16. The minimum atomic E-state index is -0.278. The highest BCUT2D eigenvalue weighted by Gasteiger charge is 2.32. The highest BCUT2D eigenvalue weighted by atomic mass is 16.3. The number of carbonyl (C=O) groups is 1. The highest BCUT2D eigenvalue weighted by molar-refractivity contribution is 6.39. The molecule has 4 nitrogen and oxygen atoms in total. The third-order valence-electron chi connectivity index (χ3n) is 2.96. The summed E-state index contributed by atoms with van der Waals surface area (Å²) in [6, 6.07) is 10.2. The predicted molar refractivity (Wildman–Crippen MR) is 68.9 cm³/mol. The van der Waals surface area contributed by atoms with E-state index >= 15 is 0 Å². The van der Waals surface area contributed by atoms with Gasteiger partial charge in [0.2, 0.25) is 5.78 Å². The number of aliphatic hydroxyl groups excluding tert-OH is 1. The molecule has 0 aliphatic heterocycles. The van der Waals surface area contributed by atoms with E-state index in [-0.39, 0.29) is 17.1 Å². The lowest BCUT2D eigenvalue weighted by atomic mass is 10.0. The molecular formula is C14H10N2O2. The van der Waals surface area contributed by atoms with Crippen LogP contribution in [0.5, 0.6) is 0 Å². The number of carbonyl (C=O) groups excluding carboxylic acids is 1. The number of nitrogens with two attached hydrogens (primary N) is 1. The summed E-state index contributed by atoms with van der Waals surface area (Å²) in [5, 5.41) is 10.2. The van der Waals surface area contributed by atoms with Crippen molar-refractivity contribution in [1.29, 1.82) is 0 Å². The maximum Gasteiger partial charge on any atom is 0.201 e. The van der Waals surface area contributed by atoms with Gasteiger partial charge in [-0.15, -0.1) is 0 Å².